The maximum Gasteiger partial charge on any atom is 0.227 e. The molecule has 2 aliphatic carbocycles. The number of carbonyl (C=O) groups is 1. The molecule has 2 fully saturated rings. The van der Waals surface area contributed by atoms with Gasteiger partial charge >= 0.3 is 0 Å². The van der Waals surface area contributed by atoms with Gasteiger partial charge in [0.25, 0.3) is 0 Å². The molecule has 0 radical (unpaired) electrons. The lowest BCUT2D eigenvalue weighted by Gasteiger charge is -2.25. The number of fused-ring (bicyclic) bond motifs is 2. The summed E-state index contributed by atoms with van der Waals surface area (Å²) in [7, 11) is 0. The number of hydrogen-bond acceptors (Lipinski definition) is 4. The normalized spacial score (nSPS) is 27.2. The fourth-order valence-corrected chi connectivity index (χ4v) is 4.16. The van der Waals surface area contributed by atoms with E-state index in [2.05, 4.69) is 10.3 Å². The molecule has 25 heavy (non-hydrogen) atoms. The number of hydrogen-bond donors (Lipinski definition) is 2. The van der Waals surface area contributed by atoms with Crippen LogP contribution in [0.1, 0.15) is 24.8 Å². The summed E-state index contributed by atoms with van der Waals surface area (Å²) in [5.74, 6) is 1.26. The minimum absolute atomic E-state index is 0.00987. The van der Waals surface area contributed by atoms with Gasteiger partial charge in [0.2, 0.25) is 5.91 Å². The summed E-state index contributed by atoms with van der Waals surface area (Å²) in [6.07, 6.45) is 5.91. The Morgan fingerprint density at radius 1 is 1.24 bits per heavy atom. The lowest BCUT2D eigenvalue weighted by atomic mass is 9.86. The number of rotatable bonds is 5. The highest BCUT2D eigenvalue weighted by Gasteiger charge is 2.48. The second kappa shape index (κ2) is 6.84. The van der Waals surface area contributed by atoms with Crippen LogP contribution in [0.15, 0.2) is 48.8 Å². The van der Waals surface area contributed by atoms with E-state index in [9.17, 15) is 9.90 Å². The predicted molar refractivity (Wildman–Crippen MR) is 94.0 cm³/mol. The summed E-state index contributed by atoms with van der Waals surface area (Å²) < 4.78 is 5.77. The first-order valence-electron chi connectivity index (χ1n) is 8.80. The SMILES string of the molecule is O=C(Nc1cccc(OCc2cccnc2)c1)C1CC2CC(O)C1C2. The van der Waals surface area contributed by atoms with Crippen molar-refractivity contribution >= 4 is 11.6 Å². The third-order valence-corrected chi connectivity index (χ3v) is 5.35. The Kier molecular flexibility index (Phi) is 4.40. The van der Waals surface area contributed by atoms with Crippen molar-refractivity contribution in [2.45, 2.75) is 32.0 Å². The molecule has 2 saturated carbocycles. The van der Waals surface area contributed by atoms with E-state index < -0.39 is 0 Å². The van der Waals surface area contributed by atoms with Crippen LogP contribution < -0.4 is 10.1 Å². The quantitative estimate of drug-likeness (QED) is 0.879. The molecule has 2 N–H and O–H groups in total. The van der Waals surface area contributed by atoms with Gasteiger partial charge in [0.1, 0.15) is 12.4 Å². The summed E-state index contributed by atoms with van der Waals surface area (Å²) in [6, 6.07) is 11.3. The number of benzene rings is 1. The molecule has 4 unspecified atom stereocenters. The van der Waals surface area contributed by atoms with E-state index in [1.807, 2.05) is 36.4 Å². The second-order valence-corrected chi connectivity index (χ2v) is 7.08. The molecule has 2 aromatic rings. The van der Waals surface area contributed by atoms with E-state index in [4.69, 9.17) is 4.74 Å². The van der Waals surface area contributed by atoms with Gasteiger partial charge in [-0.15, -0.1) is 0 Å². The molecule has 2 bridgehead atoms. The van der Waals surface area contributed by atoms with Crippen molar-refractivity contribution in [2.75, 3.05) is 5.32 Å². The second-order valence-electron chi connectivity index (χ2n) is 7.08. The van der Waals surface area contributed by atoms with Crippen molar-refractivity contribution in [2.24, 2.45) is 17.8 Å². The molecular formula is C20H22N2O3. The van der Waals surface area contributed by atoms with Crippen molar-refractivity contribution in [1.29, 1.82) is 0 Å². The molecule has 1 heterocycles. The zero-order valence-corrected chi connectivity index (χ0v) is 14.0. The maximum absolute atomic E-state index is 12.6. The van der Waals surface area contributed by atoms with Gasteiger partial charge < -0.3 is 15.2 Å². The highest BCUT2D eigenvalue weighted by molar-refractivity contribution is 5.93. The Morgan fingerprint density at radius 3 is 2.92 bits per heavy atom. The number of anilines is 1. The van der Waals surface area contributed by atoms with Crippen molar-refractivity contribution in [3.05, 3.63) is 54.4 Å². The van der Waals surface area contributed by atoms with Gasteiger partial charge in [-0.2, -0.15) is 0 Å². The van der Waals surface area contributed by atoms with Gasteiger partial charge in [0.05, 0.1) is 6.10 Å². The average molecular weight is 338 g/mol. The summed E-state index contributed by atoms with van der Waals surface area (Å²) in [6.45, 7) is 0.434. The molecule has 0 spiro atoms. The summed E-state index contributed by atoms with van der Waals surface area (Å²) in [5.41, 5.74) is 1.72. The maximum atomic E-state index is 12.6. The molecule has 5 nitrogen and oxygen atoms in total. The molecule has 130 valence electrons. The lowest BCUT2D eigenvalue weighted by molar-refractivity contribution is -0.122. The first kappa shape index (κ1) is 16.1. The molecule has 4 rings (SSSR count). The van der Waals surface area contributed by atoms with Gasteiger partial charge in [0.15, 0.2) is 0 Å². The van der Waals surface area contributed by atoms with Crippen LogP contribution in [0.3, 0.4) is 0 Å². The fraction of sp³-hybridized carbons (Fsp3) is 0.400. The Labute approximate surface area is 147 Å². The molecule has 5 heteroatoms. The highest BCUT2D eigenvalue weighted by atomic mass is 16.5. The smallest absolute Gasteiger partial charge is 0.227 e. The van der Waals surface area contributed by atoms with Crippen molar-refractivity contribution in [3.63, 3.8) is 0 Å². The molecule has 1 aromatic heterocycles. The Bertz CT molecular complexity index is 750. The lowest BCUT2D eigenvalue weighted by Crippen LogP contribution is -2.33. The number of nitrogens with zero attached hydrogens (tertiary/aromatic N) is 1. The van der Waals surface area contributed by atoms with Crippen LogP contribution in [0.5, 0.6) is 5.75 Å². The van der Waals surface area contributed by atoms with Crippen LogP contribution in [-0.2, 0) is 11.4 Å². The monoisotopic (exact) mass is 338 g/mol. The number of aliphatic hydroxyl groups excluding tert-OH is 1. The van der Waals surface area contributed by atoms with E-state index in [1.165, 1.54) is 0 Å². The molecule has 1 amide bonds. The van der Waals surface area contributed by atoms with Gasteiger partial charge in [-0.3, -0.25) is 9.78 Å². The van der Waals surface area contributed by atoms with Crippen LogP contribution in [-0.4, -0.2) is 22.1 Å². The zero-order valence-electron chi connectivity index (χ0n) is 14.0. The summed E-state index contributed by atoms with van der Waals surface area (Å²) >= 11 is 0. The number of pyridine rings is 1. The first-order valence-corrected chi connectivity index (χ1v) is 8.80. The minimum atomic E-state index is -0.316. The van der Waals surface area contributed by atoms with E-state index in [0.717, 1.165) is 30.5 Å². The van der Waals surface area contributed by atoms with Crippen LogP contribution >= 0.6 is 0 Å². The van der Waals surface area contributed by atoms with Crippen LogP contribution in [0, 0.1) is 17.8 Å². The predicted octanol–water partition coefficient (Wildman–Crippen LogP) is 3.01. The molecule has 0 aliphatic heterocycles. The van der Waals surface area contributed by atoms with Gasteiger partial charge in [0, 0.05) is 35.6 Å². The zero-order chi connectivity index (χ0) is 17.2. The molecule has 2 aliphatic rings. The molecule has 1 aromatic carbocycles. The summed E-state index contributed by atoms with van der Waals surface area (Å²) in [5, 5.41) is 13.0. The number of ether oxygens (including phenoxy) is 1. The highest BCUT2D eigenvalue weighted by Crippen LogP contribution is 2.48. The van der Waals surface area contributed by atoms with Crippen LogP contribution in [0.4, 0.5) is 5.69 Å². The van der Waals surface area contributed by atoms with Crippen LogP contribution in [0.2, 0.25) is 0 Å². The Morgan fingerprint density at radius 2 is 2.16 bits per heavy atom. The third-order valence-electron chi connectivity index (χ3n) is 5.35. The first-order chi connectivity index (χ1) is 12.2. The number of nitrogens with one attached hydrogen (secondary N) is 1. The molecule has 0 saturated heterocycles. The standard InChI is InChI=1S/C20H22N2O3/c23-19-9-14-7-17(19)18(8-14)20(24)22-15-4-1-5-16(10-15)25-12-13-3-2-6-21-11-13/h1-6,10-11,14,17-19,23H,7-9,12H2,(H,22,24). The van der Waals surface area contributed by atoms with E-state index >= 15 is 0 Å². The number of amides is 1. The largest absolute Gasteiger partial charge is 0.489 e. The van der Waals surface area contributed by atoms with Crippen molar-refractivity contribution in [1.82, 2.24) is 4.98 Å². The van der Waals surface area contributed by atoms with Gasteiger partial charge in [-0.25, -0.2) is 0 Å². The number of carbonyl (C=O) groups excluding carboxylic acids is 1. The Hall–Kier alpha value is -2.40. The minimum Gasteiger partial charge on any atom is -0.489 e. The average Bonchev–Trinajstić information content (AvgIpc) is 3.21. The molecular weight excluding hydrogens is 316 g/mol. The Balaban J connectivity index is 1.37. The van der Waals surface area contributed by atoms with Crippen molar-refractivity contribution < 1.29 is 14.6 Å². The van der Waals surface area contributed by atoms with Gasteiger partial charge in [-0.1, -0.05) is 12.1 Å². The van der Waals surface area contributed by atoms with E-state index in [0.29, 0.717) is 18.3 Å². The van der Waals surface area contributed by atoms with Crippen molar-refractivity contribution in [3.8, 4) is 5.75 Å². The van der Waals surface area contributed by atoms with Gasteiger partial charge in [-0.05, 0) is 49.3 Å². The summed E-state index contributed by atoms with van der Waals surface area (Å²) in [4.78, 5) is 16.6. The van der Waals surface area contributed by atoms with E-state index in [1.54, 1.807) is 12.4 Å². The third kappa shape index (κ3) is 3.51. The van der Waals surface area contributed by atoms with E-state index in [-0.39, 0.29) is 23.8 Å². The number of aliphatic hydroxyl groups is 1. The topological polar surface area (TPSA) is 71.5 Å². The van der Waals surface area contributed by atoms with Crippen LogP contribution in [0.25, 0.3) is 0 Å². The molecule has 4 atom stereocenters. The number of aromatic nitrogens is 1. The fourth-order valence-electron chi connectivity index (χ4n) is 4.16.